The summed E-state index contributed by atoms with van der Waals surface area (Å²) >= 11 is 0. The summed E-state index contributed by atoms with van der Waals surface area (Å²) in [6.45, 7) is 2.52. The quantitative estimate of drug-likeness (QED) is 0.689. The van der Waals surface area contributed by atoms with Crippen LogP contribution in [-0.4, -0.2) is 10.8 Å². The highest BCUT2D eigenvalue weighted by Gasteiger charge is 2.20. The fourth-order valence-corrected chi connectivity index (χ4v) is 2.57. The van der Waals surface area contributed by atoms with Gasteiger partial charge in [0.2, 0.25) is 0 Å². The average Bonchev–Trinajstić information content (AvgIpc) is 3.00. The third kappa shape index (κ3) is 3.71. The Labute approximate surface area is 140 Å². The minimum absolute atomic E-state index is 0.0664. The number of aryl methyl sites for hydroxylation is 1. The van der Waals surface area contributed by atoms with Crippen LogP contribution in [-0.2, 0) is 13.1 Å². The Balaban J connectivity index is 1.88. The minimum Gasteiger partial charge on any atom is -0.464 e. The van der Waals surface area contributed by atoms with Gasteiger partial charge in [0.05, 0.1) is 12.1 Å². The van der Waals surface area contributed by atoms with Crippen molar-refractivity contribution >= 4 is 5.91 Å². The number of hydrogen-bond acceptors (Lipinski definition) is 2. The zero-order valence-electron chi connectivity index (χ0n) is 13.4. The van der Waals surface area contributed by atoms with Crippen molar-refractivity contribution in [3.8, 4) is 0 Å². The van der Waals surface area contributed by atoms with Crippen molar-refractivity contribution in [1.29, 1.82) is 0 Å². The molecule has 3 nitrogen and oxygen atoms in total. The predicted molar refractivity (Wildman–Crippen MR) is 89.9 cm³/mol. The maximum Gasteiger partial charge on any atom is 0.257 e. The monoisotopic (exact) mass is 323 g/mol. The standard InChI is InChI=1S/C20H18FNO2/c1-15-11-12-17(24-15)14-22(13-16-7-3-2-4-8-16)20(23)18-9-5-6-10-19(18)21/h2-12H,13-14H2,1H3. The summed E-state index contributed by atoms with van der Waals surface area (Å²) in [5.41, 5.74) is 1.04. The van der Waals surface area contributed by atoms with Gasteiger partial charge in [-0.2, -0.15) is 0 Å². The maximum atomic E-state index is 14.0. The van der Waals surface area contributed by atoms with E-state index < -0.39 is 5.82 Å². The van der Waals surface area contributed by atoms with E-state index in [9.17, 15) is 9.18 Å². The third-order valence-corrected chi connectivity index (χ3v) is 3.75. The van der Waals surface area contributed by atoms with Gasteiger partial charge in [-0.15, -0.1) is 0 Å². The number of nitrogens with zero attached hydrogens (tertiary/aromatic N) is 1. The van der Waals surface area contributed by atoms with Crippen LogP contribution in [0.4, 0.5) is 4.39 Å². The molecule has 0 saturated carbocycles. The molecule has 2 aromatic carbocycles. The minimum atomic E-state index is -0.517. The largest absolute Gasteiger partial charge is 0.464 e. The van der Waals surface area contributed by atoms with Gasteiger partial charge in [0, 0.05) is 6.54 Å². The Morgan fingerprint density at radius 2 is 1.67 bits per heavy atom. The second kappa shape index (κ2) is 7.13. The third-order valence-electron chi connectivity index (χ3n) is 3.75. The molecule has 1 heterocycles. The van der Waals surface area contributed by atoms with Crippen LogP contribution < -0.4 is 0 Å². The molecule has 24 heavy (non-hydrogen) atoms. The summed E-state index contributed by atoms with van der Waals surface area (Å²) in [5.74, 6) is 0.582. The molecule has 0 bridgehead atoms. The molecule has 0 N–H and O–H groups in total. The van der Waals surface area contributed by atoms with Gasteiger partial charge >= 0.3 is 0 Å². The Hall–Kier alpha value is -2.88. The van der Waals surface area contributed by atoms with Crippen molar-refractivity contribution in [2.45, 2.75) is 20.0 Å². The molecular weight excluding hydrogens is 305 g/mol. The number of rotatable bonds is 5. The highest BCUT2D eigenvalue weighted by Crippen LogP contribution is 2.17. The highest BCUT2D eigenvalue weighted by molar-refractivity contribution is 5.94. The van der Waals surface area contributed by atoms with Crippen LogP contribution in [0.15, 0.2) is 71.1 Å². The first kappa shape index (κ1) is 16.0. The lowest BCUT2D eigenvalue weighted by Gasteiger charge is -2.22. The van der Waals surface area contributed by atoms with Crippen LogP contribution in [0, 0.1) is 12.7 Å². The summed E-state index contributed by atoms with van der Waals surface area (Å²) in [6, 6.07) is 19.3. The number of amides is 1. The zero-order valence-corrected chi connectivity index (χ0v) is 13.4. The van der Waals surface area contributed by atoms with E-state index in [1.165, 1.54) is 12.1 Å². The second-order valence-electron chi connectivity index (χ2n) is 5.64. The van der Waals surface area contributed by atoms with Crippen LogP contribution in [0.25, 0.3) is 0 Å². The molecule has 122 valence electrons. The van der Waals surface area contributed by atoms with Gasteiger partial charge in [0.1, 0.15) is 17.3 Å². The molecule has 0 aliphatic carbocycles. The Morgan fingerprint density at radius 1 is 0.958 bits per heavy atom. The average molecular weight is 323 g/mol. The number of hydrogen-bond donors (Lipinski definition) is 0. The number of halogens is 1. The van der Waals surface area contributed by atoms with E-state index in [-0.39, 0.29) is 18.0 Å². The molecule has 1 amide bonds. The SMILES string of the molecule is Cc1ccc(CN(Cc2ccccc2)C(=O)c2ccccc2F)o1. The second-order valence-corrected chi connectivity index (χ2v) is 5.64. The Kier molecular flexibility index (Phi) is 4.75. The van der Waals surface area contributed by atoms with Crippen molar-refractivity contribution < 1.29 is 13.6 Å². The molecule has 4 heteroatoms. The molecule has 3 aromatic rings. The van der Waals surface area contributed by atoms with Gasteiger partial charge < -0.3 is 9.32 Å². The molecule has 3 rings (SSSR count). The van der Waals surface area contributed by atoms with E-state index >= 15 is 0 Å². The molecule has 0 radical (unpaired) electrons. The number of furan rings is 1. The lowest BCUT2D eigenvalue weighted by molar-refractivity contribution is 0.0712. The Morgan fingerprint density at radius 3 is 2.33 bits per heavy atom. The van der Waals surface area contributed by atoms with Gasteiger partial charge in [0.25, 0.3) is 5.91 Å². The van der Waals surface area contributed by atoms with Crippen molar-refractivity contribution in [3.63, 3.8) is 0 Å². The number of benzene rings is 2. The van der Waals surface area contributed by atoms with E-state index in [0.717, 1.165) is 11.3 Å². The molecule has 0 fully saturated rings. The van der Waals surface area contributed by atoms with E-state index in [1.807, 2.05) is 49.4 Å². The number of carbonyl (C=O) groups is 1. The van der Waals surface area contributed by atoms with Crippen LogP contribution in [0.2, 0.25) is 0 Å². The van der Waals surface area contributed by atoms with Crippen LogP contribution in [0.1, 0.15) is 27.4 Å². The van der Waals surface area contributed by atoms with Gasteiger partial charge in [-0.1, -0.05) is 42.5 Å². The summed E-state index contributed by atoms with van der Waals surface area (Å²) in [5, 5.41) is 0. The lowest BCUT2D eigenvalue weighted by atomic mass is 10.1. The summed E-state index contributed by atoms with van der Waals surface area (Å²) in [6.07, 6.45) is 0. The van der Waals surface area contributed by atoms with Gasteiger partial charge in [-0.3, -0.25) is 4.79 Å². The van der Waals surface area contributed by atoms with E-state index in [0.29, 0.717) is 12.3 Å². The fourth-order valence-electron chi connectivity index (χ4n) is 2.57. The predicted octanol–water partition coefficient (Wildman–Crippen LogP) is 4.57. The van der Waals surface area contributed by atoms with Crippen molar-refractivity contribution in [1.82, 2.24) is 4.90 Å². The molecular formula is C20H18FNO2. The maximum absolute atomic E-state index is 14.0. The first-order valence-electron chi connectivity index (χ1n) is 7.76. The van der Waals surface area contributed by atoms with Crippen LogP contribution in [0.5, 0.6) is 0 Å². The lowest BCUT2D eigenvalue weighted by Crippen LogP contribution is -2.30. The first-order chi connectivity index (χ1) is 11.6. The van der Waals surface area contributed by atoms with Gasteiger partial charge in [0.15, 0.2) is 0 Å². The van der Waals surface area contributed by atoms with Crippen molar-refractivity contribution in [2.24, 2.45) is 0 Å². The van der Waals surface area contributed by atoms with Gasteiger partial charge in [-0.25, -0.2) is 4.39 Å². The summed E-state index contributed by atoms with van der Waals surface area (Å²) < 4.78 is 19.6. The van der Waals surface area contributed by atoms with Crippen molar-refractivity contribution in [3.05, 3.63) is 95.2 Å². The molecule has 0 saturated heterocycles. The summed E-state index contributed by atoms with van der Waals surface area (Å²) in [7, 11) is 0. The zero-order chi connectivity index (χ0) is 16.9. The molecule has 0 aliphatic heterocycles. The van der Waals surface area contributed by atoms with Crippen molar-refractivity contribution in [2.75, 3.05) is 0 Å². The fraction of sp³-hybridized carbons (Fsp3) is 0.150. The highest BCUT2D eigenvalue weighted by atomic mass is 19.1. The van der Waals surface area contributed by atoms with E-state index in [4.69, 9.17) is 4.42 Å². The smallest absolute Gasteiger partial charge is 0.257 e. The molecule has 0 unspecified atom stereocenters. The first-order valence-corrected chi connectivity index (χ1v) is 7.76. The summed E-state index contributed by atoms with van der Waals surface area (Å²) in [4.78, 5) is 14.4. The van der Waals surface area contributed by atoms with Gasteiger partial charge in [-0.05, 0) is 36.8 Å². The van der Waals surface area contributed by atoms with E-state index in [1.54, 1.807) is 17.0 Å². The Bertz CT molecular complexity index is 826. The molecule has 0 atom stereocenters. The van der Waals surface area contributed by atoms with Crippen LogP contribution in [0.3, 0.4) is 0 Å². The molecule has 0 spiro atoms. The molecule has 1 aromatic heterocycles. The molecule has 0 aliphatic rings. The number of carbonyl (C=O) groups excluding carboxylic acids is 1. The van der Waals surface area contributed by atoms with E-state index in [2.05, 4.69) is 0 Å². The topological polar surface area (TPSA) is 33.5 Å². The van der Waals surface area contributed by atoms with Crippen LogP contribution >= 0.6 is 0 Å². The normalized spacial score (nSPS) is 10.6.